The van der Waals surface area contributed by atoms with Crippen LogP contribution in [0, 0.1) is 5.92 Å². The Kier molecular flexibility index (Phi) is 10.7. The molecule has 7 heteroatoms. The summed E-state index contributed by atoms with van der Waals surface area (Å²) in [4.78, 5) is 29.9. The number of urea groups is 1. The number of likely N-dealkylation sites (tertiary alicyclic amines) is 1. The van der Waals surface area contributed by atoms with Crippen LogP contribution in [0.25, 0.3) is 0 Å². The SMILES string of the molecule is CNC(=O)Nc1ccccc1CN1CCc2ccc(C(=O)CCCC3CCN(Cc4ccccc4Cl)CC3)cc2CC1. The van der Waals surface area contributed by atoms with Gasteiger partial charge in [0.25, 0.3) is 0 Å². The number of halogens is 1. The molecule has 2 N–H and O–H groups in total. The van der Waals surface area contributed by atoms with E-state index in [9.17, 15) is 9.59 Å². The van der Waals surface area contributed by atoms with Crippen LogP contribution in [0.3, 0.4) is 0 Å². The van der Waals surface area contributed by atoms with Crippen molar-refractivity contribution in [1.82, 2.24) is 15.1 Å². The highest BCUT2D eigenvalue weighted by Gasteiger charge is 2.21. The standard InChI is InChI=1S/C35H43ClN4O2/c1-37-35(42)38-33-11-5-3-9-31(33)25-40-21-17-27-13-14-29(23-28(27)18-22-40)34(41)12-6-7-26-15-19-39(20-16-26)24-30-8-2-4-10-32(30)36/h2-5,8-11,13-14,23,26H,6-7,12,15-22,24-25H2,1H3,(H2,37,38,42). The van der Waals surface area contributed by atoms with E-state index in [1.165, 1.54) is 29.5 Å². The van der Waals surface area contributed by atoms with E-state index in [1.54, 1.807) is 7.05 Å². The average Bonchev–Trinajstić information content (AvgIpc) is 3.21. The first-order valence-electron chi connectivity index (χ1n) is 15.4. The Labute approximate surface area is 255 Å². The van der Waals surface area contributed by atoms with Crippen molar-refractivity contribution in [3.05, 3.63) is 99.6 Å². The summed E-state index contributed by atoms with van der Waals surface area (Å²) in [6.07, 6.45) is 6.99. The Morgan fingerprint density at radius 1 is 0.833 bits per heavy atom. The Morgan fingerprint density at radius 2 is 1.50 bits per heavy atom. The molecule has 0 saturated carbocycles. The lowest BCUT2D eigenvalue weighted by Crippen LogP contribution is -2.33. The molecule has 0 aromatic heterocycles. The first kappa shape index (κ1) is 30.3. The molecule has 0 unspecified atom stereocenters. The van der Waals surface area contributed by atoms with Crippen molar-refractivity contribution in [3.63, 3.8) is 0 Å². The number of benzene rings is 3. The fourth-order valence-electron chi connectivity index (χ4n) is 6.31. The van der Waals surface area contributed by atoms with Gasteiger partial charge in [-0.05, 0) is 98.0 Å². The Balaban J connectivity index is 1.07. The molecule has 6 nitrogen and oxygen atoms in total. The molecule has 0 atom stereocenters. The van der Waals surface area contributed by atoms with E-state index >= 15 is 0 Å². The van der Waals surface area contributed by atoms with Gasteiger partial charge in [0.05, 0.1) is 0 Å². The summed E-state index contributed by atoms with van der Waals surface area (Å²) in [5.74, 6) is 0.972. The molecule has 42 heavy (non-hydrogen) atoms. The van der Waals surface area contributed by atoms with Crippen molar-refractivity contribution in [1.29, 1.82) is 0 Å². The van der Waals surface area contributed by atoms with Crippen LogP contribution in [0.15, 0.2) is 66.7 Å². The van der Waals surface area contributed by atoms with Gasteiger partial charge in [-0.3, -0.25) is 14.6 Å². The normalized spacial score (nSPS) is 16.4. The fourth-order valence-corrected chi connectivity index (χ4v) is 6.50. The Morgan fingerprint density at radius 3 is 2.26 bits per heavy atom. The topological polar surface area (TPSA) is 64.7 Å². The number of anilines is 1. The monoisotopic (exact) mass is 586 g/mol. The first-order valence-corrected chi connectivity index (χ1v) is 15.8. The number of nitrogens with one attached hydrogen (secondary N) is 2. The highest BCUT2D eigenvalue weighted by atomic mass is 35.5. The molecule has 0 bridgehead atoms. The van der Waals surface area contributed by atoms with Crippen LogP contribution in [0.5, 0.6) is 0 Å². The lowest BCUT2D eigenvalue weighted by atomic mass is 9.90. The molecule has 2 amide bonds. The number of rotatable bonds is 10. The molecule has 5 rings (SSSR count). The second-order valence-electron chi connectivity index (χ2n) is 11.7. The van der Waals surface area contributed by atoms with Gasteiger partial charge in [0.2, 0.25) is 0 Å². The van der Waals surface area contributed by atoms with Gasteiger partial charge in [-0.25, -0.2) is 4.79 Å². The Bertz CT molecular complexity index is 1370. The van der Waals surface area contributed by atoms with Gasteiger partial charge in [-0.2, -0.15) is 0 Å². The number of carbonyl (C=O) groups is 2. The number of amides is 2. The third-order valence-corrected chi connectivity index (χ3v) is 9.25. The van der Waals surface area contributed by atoms with E-state index in [2.05, 4.69) is 50.8 Å². The summed E-state index contributed by atoms with van der Waals surface area (Å²) in [5.41, 5.74) is 6.65. The van der Waals surface area contributed by atoms with Gasteiger partial charge in [0, 0.05) is 55.9 Å². The molecule has 2 aliphatic heterocycles. The predicted molar refractivity (Wildman–Crippen MR) is 171 cm³/mol. The van der Waals surface area contributed by atoms with Crippen molar-refractivity contribution in [2.45, 2.75) is 58.0 Å². The van der Waals surface area contributed by atoms with Crippen LogP contribution in [-0.2, 0) is 25.9 Å². The van der Waals surface area contributed by atoms with Gasteiger partial charge in [0.1, 0.15) is 0 Å². The highest BCUT2D eigenvalue weighted by Crippen LogP contribution is 2.27. The van der Waals surface area contributed by atoms with Gasteiger partial charge < -0.3 is 10.6 Å². The molecule has 222 valence electrons. The molecular formula is C35H43ClN4O2. The molecule has 0 radical (unpaired) electrons. The lowest BCUT2D eigenvalue weighted by Gasteiger charge is -2.32. The second-order valence-corrected chi connectivity index (χ2v) is 12.2. The molecule has 3 aromatic carbocycles. The predicted octanol–water partition coefficient (Wildman–Crippen LogP) is 6.96. The maximum atomic E-state index is 13.1. The van der Waals surface area contributed by atoms with Crippen LogP contribution in [-0.4, -0.2) is 54.8 Å². The number of hydrogen-bond donors (Lipinski definition) is 2. The average molecular weight is 587 g/mol. The van der Waals surface area contributed by atoms with E-state index < -0.39 is 0 Å². The first-order chi connectivity index (χ1) is 20.5. The highest BCUT2D eigenvalue weighted by molar-refractivity contribution is 6.31. The van der Waals surface area contributed by atoms with Gasteiger partial charge in [-0.15, -0.1) is 0 Å². The number of para-hydroxylation sites is 1. The number of carbonyl (C=O) groups excluding carboxylic acids is 2. The Hall–Kier alpha value is -3.19. The molecule has 2 heterocycles. The minimum atomic E-state index is -0.210. The van der Waals surface area contributed by atoms with Crippen molar-refractivity contribution in [2.75, 3.05) is 38.5 Å². The summed E-state index contributed by atoms with van der Waals surface area (Å²) in [7, 11) is 1.62. The molecule has 1 fully saturated rings. The number of piperidine rings is 1. The third kappa shape index (κ3) is 8.21. The minimum absolute atomic E-state index is 0.210. The van der Waals surface area contributed by atoms with E-state index in [-0.39, 0.29) is 11.8 Å². The van der Waals surface area contributed by atoms with Crippen LogP contribution in [0.4, 0.5) is 10.5 Å². The minimum Gasteiger partial charge on any atom is -0.341 e. The maximum Gasteiger partial charge on any atom is 0.318 e. The van der Waals surface area contributed by atoms with Crippen LogP contribution in [0.2, 0.25) is 5.02 Å². The summed E-state index contributed by atoms with van der Waals surface area (Å²) in [6.45, 7) is 5.77. The van der Waals surface area contributed by atoms with Crippen molar-refractivity contribution in [3.8, 4) is 0 Å². The number of ketones is 1. The third-order valence-electron chi connectivity index (χ3n) is 8.88. The zero-order valence-electron chi connectivity index (χ0n) is 24.7. The van der Waals surface area contributed by atoms with Gasteiger partial charge in [0.15, 0.2) is 5.78 Å². The molecule has 0 aliphatic carbocycles. The van der Waals surface area contributed by atoms with E-state index in [4.69, 9.17) is 11.6 Å². The van der Waals surface area contributed by atoms with Crippen LogP contribution < -0.4 is 10.6 Å². The molecule has 2 aliphatic rings. The fraction of sp³-hybridized carbons (Fsp3) is 0.429. The number of hydrogen-bond acceptors (Lipinski definition) is 4. The summed E-state index contributed by atoms with van der Waals surface area (Å²) in [5, 5.41) is 6.41. The molecule has 1 saturated heterocycles. The van der Waals surface area contributed by atoms with E-state index in [0.29, 0.717) is 12.3 Å². The summed E-state index contributed by atoms with van der Waals surface area (Å²) >= 11 is 6.35. The molecule has 0 spiro atoms. The second kappa shape index (κ2) is 14.8. The van der Waals surface area contributed by atoms with E-state index in [1.807, 2.05) is 36.4 Å². The smallest absolute Gasteiger partial charge is 0.318 e. The zero-order valence-corrected chi connectivity index (χ0v) is 25.5. The number of Topliss-reactive ketones (excluding diaryl/α,β-unsaturated/α-hetero) is 1. The number of nitrogens with zero attached hydrogens (tertiary/aromatic N) is 2. The van der Waals surface area contributed by atoms with E-state index in [0.717, 1.165) is 86.8 Å². The van der Waals surface area contributed by atoms with Gasteiger partial charge >= 0.3 is 6.03 Å². The van der Waals surface area contributed by atoms with Crippen LogP contribution in [0.1, 0.15) is 64.7 Å². The summed E-state index contributed by atoms with van der Waals surface area (Å²) < 4.78 is 0. The molecule has 3 aromatic rings. The van der Waals surface area contributed by atoms with Crippen molar-refractivity contribution in [2.24, 2.45) is 5.92 Å². The summed E-state index contributed by atoms with van der Waals surface area (Å²) in [6, 6.07) is 22.2. The van der Waals surface area contributed by atoms with Crippen molar-refractivity contribution >= 4 is 29.1 Å². The quantitative estimate of drug-likeness (QED) is 0.252. The lowest BCUT2D eigenvalue weighted by molar-refractivity contribution is 0.0974. The number of fused-ring (bicyclic) bond motifs is 1. The van der Waals surface area contributed by atoms with Crippen LogP contribution >= 0.6 is 11.6 Å². The zero-order chi connectivity index (χ0) is 29.3. The largest absolute Gasteiger partial charge is 0.341 e. The maximum absolute atomic E-state index is 13.1. The van der Waals surface area contributed by atoms with Crippen molar-refractivity contribution < 1.29 is 9.59 Å². The van der Waals surface area contributed by atoms with Gasteiger partial charge in [-0.1, -0.05) is 60.1 Å². The molecular weight excluding hydrogens is 544 g/mol.